The molecule has 1 aliphatic carbocycles. The van der Waals surface area contributed by atoms with Crippen molar-refractivity contribution in [1.29, 1.82) is 0 Å². The van der Waals surface area contributed by atoms with Crippen LogP contribution in [0.5, 0.6) is 0 Å². The van der Waals surface area contributed by atoms with Gasteiger partial charge >= 0.3 is 0 Å². The molecule has 4 rings (SSSR count). The Bertz CT molecular complexity index is 650. The molecule has 2 heterocycles. The molecule has 4 nitrogen and oxygen atoms in total. The first kappa shape index (κ1) is 13.1. The van der Waals surface area contributed by atoms with Crippen LogP contribution in [0.3, 0.4) is 0 Å². The summed E-state index contributed by atoms with van der Waals surface area (Å²) >= 11 is 1.68. The van der Waals surface area contributed by atoms with Crippen molar-refractivity contribution in [3.8, 4) is 0 Å². The summed E-state index contributed by atoms with van der Waals surface area (Å²) in [6, 6.07) is 8.41. The monoisotopic (exact) mass is 301 g/mol. The van der Waals surface area contributed by atoms with E-state index in [1.54, 1.807) is 11.3 Å². The van der Waals surface area contributed by atoms with Crippen LogP contribution in [0.1, 0.15) is 32.1 Å². The maximum Gasteiger partial charge on any atom is 0.240 e. The highest BCUT2D eigenvalue weighted by Gasteiger charge is 2.45. The molecule has 2 N–H and O–H groups in total. The van der Waals surface area contributed by atoms with Crippen LogP contribution in [0.4, 0.5) is 5.13 Å². The number of nitrogens with zero attached hydrogens (tertiary/aromatic N) is 2. The standard InChI is InChI=1S/C16H19N3OS/c17-15(20)13-9-10-5-1-3-7-12(10)19(13)16-18-11-6-2-4-8-14(11)21-16/h2,4,6,8,10,12-13H,1,3,5,7,9H2,(H2,17,20)/t10-,12-,13-/m0/s1. The van der Waals surface area contributed by atoms with Gasteiger partial charge in [0, 0.05) is 6.04 Å². The molecule has 1 amide bonds. The Labute approximate surface area is 128 Å². The van der Waals surface area contributed by atoms with E-state index in [1.807, 2.05) is 18.2 Å². The highest BCUT2D eigenvalue weighted by molar-refractivity contribution is 7.22. The molecule has 1 aromatic carbocycles. The minimum atomic E-state index is -0.205. The third-order valence-electron chi connectivity index (χ3n) is 4.92. The smallest absolute Gasteiger partial charge is 0.240 e. The fourth-order valence-electron chi connectivity index (χ4n) is 3.96. The molecule has 1 saturated carbocycles. The first-order chi connectivity index (χ1) is 10.2. The number of nitrogens with two attached hydrogens (primary N) is 1. The Hall–Kier alpha value is -1.62. The van der Waals surface area contributed by atoms with Gasteiger partial charge in [-0.3, -0.25) is 4.79 Å². The Balaban J connectivity index is 1.77. The van der Waals surface area contributed by atoms with Crippen LogP contribution in [0.25, 0.3) is 10.2 Å². The average molecular weight is 301 g/mol. The summed E-state index contributed by atoms with van der Waals surface area (Å²) in [7, 11) is 0. The van der Waals surface area contributed by atoms with Gasteiger partial charge in [0.05, 0.1) is 10.2 Å². The maximum atomic E-state index is 11.9. The second kappa shape index (κ2) is 4.98. The van der Waals surface area contributed by atoms with E-state index < -0.39 is 0 Å². The van der Waals surface area contributed by atoms with Crippen molar-refractivity contribution in [2.75, 3.05) is 4.90 Å². The summed E-state index contributed by atoms with van der Waals surface area (Å²) in [5.74, 6) is 0.395. The Kier molecular flexibility index (Phi) is 3.10. The van der Waals surface area contributed by atoms with Gasteiger partial charge < -0.3 is 10.6 Å². The first-order valence-corrected chi connectivity index (χ1v) is 8.49. The summed E-state index contributed by atoms with van der Waals surface area (Å²) in [5, 5.41) is 0.967. The zero-order valence-corrected chi connectivity index (χ0v) is 12.7. The van der Waals surface area contributed by atoms with E-state index >= 15 is 0 Å². The number of thiazole rings is 1. The van der Waals surface area contributed by atoms with Crippen LogP contribution in [0.2, 0.25) is 0 Å². The fraction of sp³-hybridized carbons (Fsp3) is 0.500. The molecule has 2 fully saturated rings. The van der Waals surface area contributed by atoms with Crippen LogP contribution in [0, 0.1) is 5.92 Å². The second-order valence-electron chi connectivity index (χ2n) is 6.14. The number of anilines is 1. The summed E-state index contributed by atoms with van der Waals surface area (Å²) < 4.78 is 1.18. The predicted octanol–water partition coefficient (Wildman–Crippen LogP) is 2.92. The molecule has 5 heteroatoms. The van der Waals surface area contributed by atoms with Crippen molar-refractivity contribution >= 4 is 32.6 Å². The van der Waals surface area contributed by atoms with Gasteiger partial charge in [0.25, 0.3) is 0 Å². The number of amides is 1. The van der Waals surface area contributed by atoms with E-state index in [-0.39, 0.29) is 11.9 Å². The Morgan fingerprint density at radius 1 is 1.29 bits per heavy atom. The van der Waals surface area contributed by atoms with Gasteiger partial charge in [0.2, 0.25) is 5.91 Å². The molecule has 1 aromatic heterocycles. The molecule has 110 valence electrons. The van der Waals surface area contributed by atoms with E-state index in [4.69, 9.17) is 10.7 Å². The largest absolute Gasteiger partial charge is 0.368 e. The first-order valence-electron chi connectivity index (χ1n) is 7.67. The van der Waals surface area contributed by atoms with Crippen LogP contribution >= 0.6 is 11.3 Å². The van der Waals surface area contributed by atoms with Crippen molar-refractivity contribution in [2.45, 2.75) is 44.2 Å². The third kappa shape index (κ3) is 2.11. The van der Waals surface area contributed by atoms with Gasteiger partial charge in [-0.05, 0) is 37.3 Å². The number of hydrogen-bond acceptors (Lipinski definition) is 4. The summed E-state index contributed by atoms with van der Waals surface area (Å²) in [5.41, 5.74) is 6.68. The van der Waals surface area contributed by atoms with Gasteiger partial charge in [-0.2, -0.15) is 0 Å². The molecule has 21 heavy (non-hydrogen) atoms. The number of para-hydroxylation sites is 1. The number of carbonyl (C=O) groups is 1. The van der Waals surface area contributed by atoms with Crippen LogP contribution in [-0.2, 0) is 4.79 Å². The number of rotatable bonds is 2. The molecule has 0 spiro atoms. The highest BCUT2D eigenvalue weighted by atomic mass is 32.1. The average Bonchev–Trinajstić information content (AvgIpc) is 3.07. The molecular weight excluding hydrogens is 282 g/mol. The fourth-order valence-corrected chi connectivity index (χ4v) is 5.03. The normalized spacial score (nSPS) is 28.8. The molecule has 3 atom stereocenters. The Morgan fingerprint density at radius 2 is 2.10 bits per heavy atom. The van der Waals surface area contributed by atoms with E-state index in [0.29, 0.717) is 12.0 Å². The van der Waals surface area contributed by atoms with Crippen molar-refractivity contribution in [3.63, 3.8) is 0 Å². The number of primary amides is 1. The third-order valence-corrected chi connectivity index (χ3v) is 5.97. The lowest BCUT2D eigenvalue weighted by atomic mass is 9.85. The van der Waals surface area contributed by atoms with E-state index in [9.17, 15) is 4.79 Å². The SMILES string of the molecule is NC(=O)[C@@H]1C[C@@H]2CCCC[C@@H]2N1c1nc2ccccc2s1. The second-order valence-corrected chi connectivity index (χ2v) is 7.15. The van der Waals surface area contributed by atoms with Gasteiger partial charge in [0.1, 0.15) is 6.04 Å². The van der Waals surface area contributed by atoms with Gasteiger partial charge in [-0.25, -0.2) is 4.98 Å². The summed E-state index contributed by atoms with van der Waals surface area (Å²) in [6.45, 7) is 0. The molecule has 0 radical (unpaired) electrons. The lowest BCUT2D eigenvalue weighted by Crippen LogP contribution is -2.45. The summed E-state index contributed by atoms with van der Waals surface area (Å²) in [6.07, 6.45) is 5.80. The van der Waals surface area contributed by atoms with Crippen LogP contribution in [0.15, 0.2) is 24.3 Å². The molecule has 2 aromatic rings. The molecule has 2 aliphatic rings. The zero-order valence-electron chi connectivity index (χ0n) is 11.9. The lowest BCUT2D eigenvalue weighted by Gasteiger charge is -2.32. The number of benzene rings is 1. The molecule has 1 saturated heterocycles. The van der Waals surface area contributed by atoms with Crippen molar-refractivity contribution in [3.05, 3.63) is 24.3 Å². The topological polar surface area (TPSA) is 59.2 Å². The molecule has 1 aliphatic heterocycles. The number of fused-ring (bicyclic) bond motifs is 2. The van der Waals surface area contributed by atoms with Crippen molar-refractivity contribution < 1.29 is 4.79 Å². The van der Waals surface area contributed by atoms with E-state index in [2.05, 4.69) is 11.0 Å². The highest BCUT2D eigenvalue weighted by Crippen LogP contribution is 2.44. The number of hydrogen-bond donors (Lipinski definition) is 1. The maximum absolute atomic E-state index is 11.9. The predicted molar refractivity (Wildman–Crippen MR) is 85.4 cm³/mol. The van der Waals surface area contributed by atoms with Gasteiger partial charge in [-0.1, -0.05) is 36.3 Å². The number of carbonyl (C=O) groups excluding carboxylic acids is 1. The van der Waals surface area contributed by atoms with E-state index in [1.165, 1.54) is 24.0 Å². The van der Waals surface area contributed by atoms with Crippen LogP contribution < -0.4 is 10.6 Å². The number of aromatic nitrogens is 1. The zero-order chi connectivity index (χ0) is 14.4. The Morgan fingerprint density at radius 3 is 2.90 bits per heavy atom. The quantitative estimate of drug-likeness (QED) is 0.928. The minimum Gasteiger partial charge on any atom is -0.368 e. The minimum absolute atomic E-state index is 0.182. The van der Waals surface area contributed by atoms with Crippen LogP contribution in [-0.4, -0.2) is 23.0 Å². The molecule has 0 unspecified atom stereocenters. The van der Waals surface area contributed by atoms with E-state index in [0.717, 1.165) is 23.5 Å². The summed E-state index contributed by atoms with van der Waals surface area (Å²) in [4.78, 5) is 18.9. The van der Waals surface area contributed by atoms with Gasteiger partial charge in [-0.15, -0.1) is 0 Å². The van der Waals surface area contributed by atoms with Gasteiger partial charge in [0.15, 0.2) is 5.13 Å². The van der Waals surface area contributed by atoms with Crippen molar-refractivity contribution in [2.24, 2.45) is 11.7 Å². The molecule has 0 bridgehead atoms. The van der Waals surface area contributed by atoms with Crippen molar-refractivity contribution in [1.82, 2.24) is 4.98 Å². The lowest BCUT2D eigenvalue weighted by molar-refractivity contribution is -0.119. The molecular formula is C16H19N3OS.